The second kappa shape index (κ2) is 15.8. The number of carbonyl (C=O) groups is 1. The molecule has 0 amide bonds. The van der Waals surface area contributed by atoms with E-state index in [9.17, 15) is 9.90 Å². The number of hydrogen-bond acceptors (Lipinski definition) is 4. The molecule has 1 aromatic carbocycles. The Kier molecular flexibility index (Phi) is 14.0. The van der Waals surface area contributed by atoms with Gasteiger partial charge in [-0.1, -0.05) is 104 Å². The zero-order chi connectivity index (χ0) is 32.6. The van der Waals surface area contributed by atoms with Crippen LogP contribution in [0, 0.1) is 5.92 Å². The van der Waals surface area contributed by atoms with E-state index in [4.69, 9.17) is 14.0 Å². The van der Waals surface area contributed by atoms with Gasteiger partial charge in [0.15, 0.2) is 16.6 Å². The Bertz CT molecular complexity index is 1020. The Hall–Kier alpha value is -1.26. The highest BCUT2D eigenvalue weighted by atomic mass is 28.4. The third kappa shape index (κ3) is 10.9. The number of aliphatic hydroxyl groups excluding tert-OH is 1. The van der Waals surface area contributed by atoms with Crippen LogP contribution >= 0.6 is 0 Å². The van der Waals surface area contributed by atoms with Gasteiger partial charge in [-0.25, -0.2) is 0 Å². The third-order valence-electron chi connectivity index (χ3n) is 10.4. The van der Waals surface area contributed by atoms with Crippen LogP contribution in [0.3, 0.4) is 0 Å². The zero-order valence-electron chi connectivity index (χ0n) is 29.3. The smallest absolute Gasteiger partial charge is 0.303 e. The minimum atomic E-state index is -2.06. The number of carboxylic acids is 1. The van der Waals surface area contributed by atoms with E-state index in [-0.39, 0.29) is 40.5 Å². The summed E-state index contributed by atoms with van der Waals surface area (Å²) < 4.78 is 14.0. The molecule has 5 atom stereocenters. The molecule has 0 aliphatic heterocycles. The third-order valence-corrected chi connectivity index (χ3v) is 19.4. The molecule has 1 aliphatic rings. The monoisotopic (exact) mass is 632 g/mol. The highest BCUT2D eigenvalue weighted by molar-refractivity contribution is 6.74. The number of allylic oxidation sites excluding steroid dienone is 2. The second-order valence-electron chi connectivity index (χ2n) is 15.9. The first-order chi connectivity index (χ1) is 19.8. The molecule has 1 fully saturated rings. The first-order valence-electron chi connectivity index (χ1n) is 16.8. The molecule has 7 heteroatoms. The average molecular weight is 633 g/mol. The first-order valence-corrected chi connectivity index (χ1v) is 22.6. The van der Waals surface area contributed by atoms with Gasteiger partial charge in [0.05, 0.1) is 18.3 Å². The highest BCUT2D eigenvalue weighted by Crippen LogP contribution is 2.48. The molecule has 5 nitrogen and oxygen atoms in total. The largest absolute Gasteiger partial charge is 0.481 e. The number of aliphatic carboxylic acids is 1. The molecule has 246 valence electrons. The molecule has 0 spiro atoms. The van der Waals surface area contributed by atoms with Crippen LogP contribution in [0.1, 0.15) is 129 Å². The van der Waals surface area contributed by atoms with E-state index < -0.39 is 28.7 Å². The molecular formula is C36H64O5Si2. The normalized spacial score (nSPS) is 22.8. The summed E-state index contributed by atoms with van der Waals surface area (Å²) in [4.78, 5) is 10.9. The lowest BCUT2D eigenvalue weighted by Gasteiger charge is -2.40. The zero-order valence-corrected chi connectivity index (χ0v) is 31.3. The predicted octanol–water partition coefficient (Wildman–Crippen LogP) is 10.4. The highest BCUT2D eigenvalue weighted by Gasteiger charge is 2.48. The number of benzene rings is 1. The number of carboxylic acid groups (broad SMARTS) is 1. The summed E-state index contributed by atoms with van der Waals surface area (Å²) >= 11 is 0. The Balaban J connectivity index is 2.38. The Morgan fingerprint density at radius 3 is 2.09 bits per heavy atom. The van der Waals surface area contributed by atoms with E-state index in [1.165, 1.54) is 24.0 Å². The van der Waals surface area contributed by atoms with Crippen molar-refractivity contribution in [3.63, 3.8) is 0 Å². The van der Waals surface area contributed by atoms with Gasteiger partial charge in [-0.05, 0) is 85.4 Å². The van der Waals surface area contributed by atoms with Crippen LogP contribution < -0.4 is 0 Å². The van der Waals surface area contributed by atoms with Gasteiger partial charge < -0.3 is 19.1 Å². The van der Waals surface area contributed by atoms with Gasteiger partial charge in [0.1, 0.15) is 0 Å². The average Bonchev–Trinajstić information content (AvgIpc) is 3.17. The van der Waals surface area contributed by atoms with Gasteiger partial charge >= 0.3 is 5.97 Å². The SMILES string of the molecule is CCCCCC(O[Si](C)(C)C(C)(C)C)c1ccc([C@@H]2[C@@H](C/C=C\CCCC(=O)O)[C@H](O)C[C@H]2O[Si](C)(C)C(C)(C)C)cc1. The fourth-order valence-corrected chi connectivity index (χ4v) is 8.27. The Labute approximate surface area is 266 Å². The van der Waals surface area contributed by atoms with Crippen molar-refractivity contribution in [3.8, 4) is 0 Å². The van der Waals surface area contributed by atoms with Crippen molar-refractivity contribution in [1.82, 2.24) is 0 Å². The standard InChI is InChI=1S/C36H64O5Si2/c1-12-13-16-20-31(40-42(8,9)35(2,3)4)27-22-24-28(25-23-27)34-29(19-17-14-15-18-21-33(38)39)30(37)26-32(34)41-43(10,11)36(5,6)7/h14,17,22-25,29-32,34,37H,12-13,15-16,18-21,26H2,1-11H3,(H,38,39)/b17-14-/t29-,30+,31?,32+,34+/m0/s1. The van der Waals surface area contributed by atoms with Crippen LogP contribution in [0.4, 0.5) is 0 Å². The summed E-state index contributed by atoms with van der Waals surface area (Å²) in [6.07, 6.45) is 11.4. The lowest BCUT2D eigenvalue weighted by molar-refractivity contribution is -0.137. The van der Waals surface area contributed by atoms with E-state index in [0.29, 0.717) is 12.8 Å². The van der Waals surface area contributed by atoms with E-state index in [2.05, 4.69) is 111 Å². The van der Waals surface area contributed by atoms with Crippen LogP contribution in [0.25, 0.3) is 0 Å². The molecule has 2 N–H and O–H groups in total. The molecule has 0 heterocycles. The van der Waals surface area contributed by atoms with Gasteiger partial charge in [-0.2, -0.15) is 0 Å². The van der Waals surface area contributed by atoms with Crippen LogP contribution in [-0.2, 0) is 13.6 Å². The Morgan fingerprint density at radius 2 is 1.56 bits per heavy atom. The fraction of sp³-hybridized carbons (Fsp3) is 0.750. The molecule has 2 rings (SSSR count). The first kappa shape index (κ1) is 37.9. The summed E-state index contributed by atoms with van der Waals surface area (Å²) in [7, 11) is -4.00. The molecule has 1 aromatic rings. The van der Waals surface area contributed by atoms with Crippen molar-refractivity contribution < 1.29 is 23.9 Å². The second-order valence-corrected chi connectivity index (χ2v) is 25.4. The predicted molar refractivity (Wildman–Crippen MR) is 186 cm³/mol. The van der Waals surface area contributed by atoms with E-state index in [1.54, 1.807) is 0 Å². The van der Waals surface area contributed by atoms with Crippen LogP contribution in [0.5, 0.6) is 0 Å². The molecule has 43 heavy (non-hydrogen) atoms. The van der Waals surface area contributed by atoms with E-state index in [1.807, 2.05) is 0 Å². The van der Waals surface area contributed by atoms with Crippen LogP contribution in [0.15, 0.2) is 36.4 Å². The lowest BCUT2D eigenvalue weighted by Crippen LogP contribution is -2.44. The maximum atomic E-state index is 11.3. The minimum absolute atomic E-state index is 0.0315. The molecule has 0 bridgehead atoms. The number of rotatable bonds is 16. The summed E-state index contributed by atoms with van der Waals surface area (Å²) in [5.41, 5.74) is 2.48. The van der Waals surface area contributed by atoms with Gasteiger partial charge in [0.25, 0.3) is 0 Å². The van der Waals surface area contributed by atoms with Crippen LogP contribution in [0.2, 0.25) is 36.3 Å². The molecule has 1 saturated carbocycles. The van der Waals surface area contributed by atoms with Crippen molar-refractivity contribution in [2.24, 2.45) is 5.92 Å². The molecule has 0 radical (unpaired) electrons. The number of unbranched alkanes of at least 4 members (excludes halogenated alkanes) is 3. The van der Waals surface area contributed by atoms with Gasteiger partial charge in [-0.3, -0.25) is 4.79 Å². The van der Waals surface area contributed by atoms with Crippen molar-refractivity contribution in [2.75, 3.05) is 0 Å². The van der Waals surface area contributed by atoms with Crippen LogP contribution in [-0.4, -0.2) is 45.0 Å². The summed E-state index contributed by atoms with van der Waals surface area (Å²) in [5.74, 6) is -0.599. The summed E-state index contributed by atoms with van der Waals surface area (Å²) in [6, 6.07) is 9.08. The van der Waals surface area contributed by atoms with Gasteiger partial charge in [0, 0.05) is 12.3 Å². The molecule has 1 unspecified atom stereocenters. The maximum Gasteiger partial charge on any atom is 0.303 e. The van der Waals surface area contributed by atoms with Crippen molar-refractivity contribution in [3.05, 3.63) is 47.5 Å². The summed E-state index contributed by atoms with van der Waals surface area (Å²) in [6.45, 7) is 25.3. The lowest BCUT2D eigenvalue weighted by atomic mass is 9.84. The summed E-state index contributed by atoms with van der Waals surface area (Å²) in [5, 5.41) is 20.5. The fourth-order valence-electron chi connectivity index (χ4n) is 5.60. The van der Waals surface area contributed by atoms with Gasteiger partial charge in [0.2, 0.25) is 0 Å². The molecule has 1 aliphatic carbocycles. The van der Waals surface area contributed by atoms with E-state index in [0.717, 1.165) is 25.7 Å². The molecular weight excluding hydrogens is 569 g/mol. The quantitative estimate of drug-likeness (QED) is 0.108. The van der Waals surface area contributed by atoms with Gasteiger partial charge in [-0.15, -0.1) is 0 Å². The number of hydrogen-bond donors (Lipinski definition) is 2. The van der Waals surface area contributed by atoms with E-state index >= 15 is 0 Å². The molecule has 0 saturated heterocycles. The maximum absolute atomic E-state index is 11.3. The topological polar surface area (TPSA) is 76.0 Å². The molecule has 0 aromatic heterocycles. The number of aliphatic hydroxyl groups is 1. The van der Waals surface area contributed by atoms with Crippen molar-refractivity contribution in [2.45, 2.75) is 167 Å². The van der Waals surface area contributed by atoms with Crippen molar-refractivity contribution in [1.29, 1.82) is 0 Å². The van der Waals surface area contributed by atoms with Crippen molar-refractivity contribution >= 4 is 22.6 Å². The minimum Gasteiger partial charge on any atom is -0.481 e. The Morgan fingerprint density at radius 1 is 0.953 bits per heavy atom.